The Balaban J connectivity index is -0.0000000231. The van der Waals surface area contributed by atoms with Gasteiger partial charge in [0.2, 0.25) is 0 Å². The second-order valence-electron chi connectivity index (χ2n) is 0.583. The van der Waals surface area contributed by atoms with Crippen molar-refractivity contribution in [3.8, 4) is 0 Å². The standard InChI is InChI=1S/2CH2O3.2Na.2O.U/c2*2-1(3)4;;;;;/h2*(H2,2,3,4);;;;;/q;;2*+1;;;+2/p-4. The molecule has 8 nitrogen and oxygen atoms in total. The molecule has 0 spiro atoms. The van der Waals surface area contributed by atoms with E-state index in [1.807, 2.05) is 0 Å². The molecule has 0 bridgehead atoms. The third-order valence-electron chi connectivity index (χ3n) is 0. The third kappa shape index (κ3) is 1160. The van der Waals surface area contributed by atoms with Crippen LogP contribution in [0.4, 0.5) is 9.59 Å². The summed E-state index contributed by atoms with van der Waals surface area (Å²) in [7, 11) is 0. The summed E-state index contributed by atoms with van der Waals surface area (Å²) in [6, 6.07) is 0. The topological polar surface area (TPSA) is 161 Å². The SMILES string of the molecule is O=C([O-])[O-].O=C([O-])[O-].[Na+].[Na+].[O]=[U+2]=[O]. The first-order chi connectivity index (χ1) is 4.88. The van der Waals surface area contributed by atoms with E-state index in [9.17, 15) is 0 Å². The van der Waals surface area contributed by atoms with Crippen LogP contribution in [-0.2, 0) is 4.47 Å². The summed E-state index contributed by atoms with van der Waals surface area (Å²) in [5.74, 6) is 0. The predicted molar refractivity (Wildman–Crippen MR) is 12.2 cm³/mol. The molecular weight excluding hydrogens is 436 g/mol. The van der Waals surface area contributed by atoms with Gasteiger partial charge >= 0.3 is 91.4 Å². The average Bonchev–Trinajstić information content (AvgIpc) is 1.60. The number of hydrogen-bond acceptors (Lipinski definition) is 8. The van der Waals surface area contributed by atoms with E-state index in [0.29, 0.717) is 0 Å². The van der Waals surface area contributed by atoms with E-state index in [4.69, 9.17) is 34.5 Å². The molecule has 0 radical (unpaired) electrons. The summed E-state index contributed by atoms with van der Waals surface area (Å²) in [5, 5.41) is 33.3. The molecule has 0 heterocycles. The average molecular weight is 436 g/mol. The van der Waals surface area contributed by atoms with Crippen LogP contribution in [0, 0.1) is 27.8 Å². The Kier molecular flexibility index (Phi) is 65.7. The number of carbonyl (C=O) groups excluding carboxylic acids is 2. The first-order valence-electron chi connectivity index (χ1n) is 1.63. The zero-order valence-corrected chi connectivity index (χ0v) is 14.9. The predicted octanol–water partition coefficient (Wildman–Crippen LogP) is -11.1. The zero-order chi connectivity index (χ0) is 9.86. The van der Waals surface area contributed by atoms with Crippen molar-refractivity contribution in [1.82, 2.24) is 0 Å². The van der Waals surface area contributed by atoms with Gasteiger partial charge in [-0.1, -0.05) is 0 Å². The first kappa shape index (κ1) is 29.2. The molecule has 0 aliphatic carbocycles. The van der Waals surface area contributed by atoms with E-state index in [-0.39, 0.29) is 59.1 Å². The van der Waals surface area contributed by atoms with Gasteiger partial charge in [0.1, 0.15) is 0 Å². The molecule has 0 N–H and O–H groups in total. The van der Waals surface area contributed by atoms with Crippen molar-refractivity contribution in [2.75, 3.05) is 0 Å². The number of rotatable bonds is 0. The second kappa shape index (κ2) is 29.2. The fourth-order valence-electron chi connectivity index (χ4n) is 0. The monoisotopic (exact) mass is 436 g/mol. The first-order valence-corrected chi connectivity index (χ1v) is 5.03. The van der Waals surface area contributed by atoms with Gasteiger partial charge in [-0.2, -0.15) is 0 Å². The molecule has 0 unspecified atom stereocenters. The molecule has 0 aliphatic heterocycles. The molecule has 11 heteroatoms. The van der Waals surface area contributed by atoms with E-state index in [2.05, 4.69) is 0 Å². The molecule has 0 saturated heterocycles. The van der Waals surface area contributed by atoms with Crippen molar-refractivity contribution in [3.05, 3.63) is 0 Å². The minimum absolute atomic E-state index is 0. The normalized spacial score (nSPS) is 4.31. The summed E-state index contributed by atoms with van der Waals surface area (Å²) in [5.41, 5.74) is 0. The van der Waals surface area contributed by atoms with Crippen LogP contribution in [0.5, 0.6) is 0 Å². The Morgan fingerprint density at radius 2 is 0.769 bits per heavy atom. The van der Waals surface area contributed by atoms with Crippen molar-refractivity contribution in [3.63, 3.8) is 0 Å². The molecule has 0 saturated carbocycles. The van der Waals surface area contributed by atoms with Crippen molar-refractivity contribution < 1.29 is 121 Å². The number of carbonyl (C=O) groups is 2. The van der Waals surface area contributed by atoms with Crippen LogP contribution in [0.15, 0.2) is 0 Å². The molecule has 0 aromatic heterocycles. The molecule has 0 aromatic rings. The summed E-state index contributed by atoms with van der Waals surface area (Å²) < 4.78 is 17.2. The van der Waals surface area contributed by atoms with Crippen LogP contribution in [0.25, 0.3) is 0 Å². The van der Waals surface area contributed by atoms with Gasteiger partial charge < -0.3 is 30.0 Å². The molecule has 0 aromatic carbocycles. The Hall–Kier alpha value is 1.19. The van der Waals surface area contributed by atoms with Gasteiger partial charge in [0.15, 0.2) is 0 Å². The van der Waals surface area contributed by atoms with Gasteiger partial charge in [0.05, 0.1) is 0 Å². The summed E-state index contributed by atoms with van der Waals surface area (Å²) in [6.07, 6.45) is -4.67. The summed E-state index contributed by atoms with van der Waals surface area (Å²) in [4.78, 5) is 16.7. The van der Waals surface area contributed by atoms with Crippen molar-refractivity contribution >= 4 is 12.3 Å². The van der Waals surface area contributed by atoms with Gasteiger partial charge in [-0.15, -0.1) is 0 Å². The molecule has 0 rings (SSSR count). The number of carboxylic acid groups (broad SMARTS) is 4. The molecule has 0 amide bonds. The zero-order valence-electron chi connectivity index (χ0n) is 6.77. The van der Waals surface area contributed by atoms with Crippen LogP contribution in [0.3, 0.4) is 0 Å². The van der Waals surface area contributed by atoms with E-state index in [0.717, 1.165) is 0 Å². The van der Waals surface area contributed by atoms with E-state index in [1.54, 1.807) is 0 Å². The molecule has 0 fully saturated rings. The minimum atomic E-state index is -2.51. The Morgan fingerprint density at radius 1 is 0.769 bits per heavy atom. The second-order valence-corrected chi connectivity index (χ2v) is 1.28. The van der Waals surface area contributed by atoms with Gasteiger partial charge in [0, 0.05) is 0 Å². The van der Waals surface area contributed by atoms with Gasteiger partial charge in [-0.05, 0) is 12.3 Å². The summed E-state index contributed by atoms with van der Waals surface area (Å²) in [6.45, 7) is 0. The van der Waals surface area contributed by atoms with Crippen molar-refractivity contribution in [2.45, 2.75) is 0 Å². The van der Waals surface area contributed by atoms with Gasteiger partial charge in [0.25, 0.3) is 0 Å². The quantitative estimate of drug-likeness (QED) is 0.339. The maximum atomic E-state index is 8.58. The fraction of sp³-hybridized carbons (Fsp3) is 0. The van der Waals surface area contributed by atoms with Crippen LogP contribution in [0.1, 0.15) is 0 Å². The maximum absolute atomic E-state index is 8.58. The number of hydrogen-bond donors (Lipinski definition) is 0. The molecule has 0 aliphatic rings. The molecule has 62 valence electrons. The van der Waals surface area contributed by atoms with E-state index in [1.165, 1.54) is 0 Å². The van der Waals surface area contributed by atoms with Gasteiger partial charge in [-0.3, -0.25) is 0 Å². The molecule has 13 heavy (non-hydrogen) atoms. The van der Waals surface area contributed by atoms with E-state index < -0.39 is 40.1 Å². The summed E-state index contributed by atoms with van der Waals surface area (Å²) >= 11 is -2.51. The Labute approximate surface area is 132 Å². The third-order valence-corrected chi connectivity index (χ3v) is 0. The van der Waals surface area contributed by atoms with Crippen LogP contribution < -0.4 is 79.5 Å². The van der Waals surface area contributed by atoms with Crippen LogP contribution in [-0.4, -0.2) is 12.3 Å². The van der Waals surface area contributed by atoms with Crippen LogP contribution >= 0.6 is 0 Å². The Bertz CT molecular complexity index is 132. The van der Waals surface area contributed by atoms with E-state index >= 15 is 0 Å². The van der Waals surface area contributed by atoms with Crippen molar-refractivity contribution in [1.29, 1.82) is 0 Å². The fourth-order valence-corrected chi connectivity index (χ4v) is 0. The molecule has 0 atom stereocenters. The van der Waals surface area contributed by atoms with Crippen molar-refractivity contribution in [2.24, 2.45) is 0 Å². The van der Waals surface area contributed by atoms with Crippen LogP contribution in [0.2, 0.25) is 0 Å². The Morgan fingerprint density at radius 3 is 0.769 bits per heavy atom. The van der Waals surface area contributed by atoms with Gasteiger partial charge in [-0.25, -0.2) is 0 Å². The molecular formula is C2Na2O8U.